The summed E-state index contributed by atoms with van der Waals surface area (Å²) in [6.07, 6.45) is 2.85. The Morgan fingerprint density at radius 1 is 1.02 bits per heavy atom. The van der Waals surface area contributed by atoms with E-state index in [0.29, 0.717) is 47.0 Å². The molecular weight excluding hydrogens is 554 g/mol. The zero-order valence-corrected chi connectivity index (χ0v) is 23.0. The highest BCUT2D eigenvalue weighted by molar-refractivity contribution is 6.06. The maximum absolute atomic E-state index is 13.7. The maximum Gasteiger partial charge on any atom is 0.266 e. The molecule has 0 saturated carbocycles. The number of nitrogens with zero attached hydrogens (tertiary/aromatic N) is 4. The second-order valence-electron chi connectivity index (χ2n) is 9.89. The molecule has 218 valence electrons. The Balaban J connectivity index is 1.29. The number of rotatable bonds is 9. The number of nitrogens with one attached hydrogen (secondary N) is 1. The highest BCUT2D eigenvalue weighted by atomic mass is 19.3. The minimum atomic E-state index is -2.77. The molecule has 0 unspecified atom stereocenters. The molecule has 5 rings (SSSR count). The van der Waals surface area contributed by atoms with Crippen LogP contribution in [0.5, 0.6) is 23.1 Å². The molecule has 1 saturated heterocycles. The number of carbonyl (C=O) groups excluding carboxylic acids is 1. The number of carbonyl (C=O) groups is 1. The highest BCUT2D eigenvalue weighted by Gasteiger charge is 2.34. The molecule has 1 fully saturated rings. The van der Waals surface area contributed by atoms with Crippen molar-refractivity contribution in [2.24, 2.45) is 0 Å². The summed E-state index contributed by atoms with van der Waals surface area (Å²) in [7, 11) is 0. The molecule has 3 aromatic carbocycles. The lowest BCUT2D eigenvalue weighted by Crippen LogP contribution is -2.42. The number of aromatic nitrogens is 2. The third-order valence-corrected chi connectivity index (χ3v) is 6.66. The summed E-state index contributed by atoms with van der Waals surface area (Å²) in [6, 6.07) is 25.0. The molecule has 0 atom stereocenters. The van der Waals surface area contributed by atoms with Gasteiger partial charge in [0.05, 0.1) is 12.1 Å². The molecule has 1 amide bonds. The summed E-state index contributed by atoms with van der Waals surface area (Å²) in [5.74, 6) is -1.25. The van der Waals surface area contributed by atoms with Crippen LogP contribution in [0.15, 0.2) is 96.8 Å². The first kappa shape index (κ1) is 29.2. The number of amides is 1. The average Bonchev–Trinajstić information content (AvgIpc) is 2.99. The fourth-order valence-electron chi connectivity index (χ4n) is 4.61. The number of anilines is 2. The highest BCUT2D eigenvalue weighted by Crippen LogP contribution is 2.36. The number of hydrogen-bond acceptors (Lipinski definition) is 8. The van der Waals surface area contributed by atoms with Crippen molar-refractivity contribution in [1.82, 2.24) is 14.9 Å². The minimum absolute atomic E-state index is 0.0733. The zero-order chi connectivity index (χ0) is 30.2. The van der Waals surface area contributed by atoms with Crippen molar-refractivity contribution >= 4 is 17.4 Å². The average molecular weight is 583 g/mol. The van der Waals surface area contributed by atoms with Crippen LogP contribution >= 0.6 is 0 Å². The second kappa shape index (κ2) is 13.1. The number of benzene rings is 3. The lowest BCUT2D eigenvalue weighted by Gasteiger charge is -2.31. The molecule has 43 heavy (non-hydrogen) atoms. The summed E-state index contributed by atoms with van der Waals surface area (Å²) in [5.41, 5.74) is 7.39. The van der Waals surface area contributed by atoms with E-state index >= 15 is 0 Å². The van der Waals surface area contributed by atoms with Gasteiger partial charge in [0, 0.05) is 18.7 Å². The number of halogens is 2. The fraction of sp³-hybridized carbons (Fsp3) is 0.188. The summed E-state index contributed by atoms with van der Waals surface area (Å²) in [4.78, 5) is 22.8. The summed E-state index contributed by atoms with van der Waals surface area (Å²) >= 11 is 0. The summed E-state index contributed by atoms with van der Waals surface area (Å²) in [6.45, 7) is 0.150. The van der Waals surface area contributed by atoms with Crippen LogP contribution in [0.4, 0.5) is 20.3 Å². The lowest BCUT2D eigenvalue weighted by atomic mass is 10.1. The number of para-hydroxylation sites is 1. The van der Waals surface area contributed by atoms with E-state index in [2.05, 4.69) is 15.3 Å². The first-order valence-corrected chi connectivity index (χ1v) is 13.5. The normalized spacial score (nSPS) is 14.9. The Kier molecular flexibility index (Phi) is 8.88. The van der Waals surface area contributed by atoms with Crippen molar-refractivity contribution in [2.75, 3.05) is 30.7 Å². The Labute approximate surface area is 247 Å². The van der Waals surface area contributed by atoms with Crippen LogP contribution in [0.2, 0.25) is 0 Å². The van der Waals surface area contributed by atoms with Gasteiger partial charge in [-0.25, -0.2) is 18.7 Å². The largest absolute Gasteiger partial charge is 0.457 e. The van der Waals surface area contributed by atoms with Gasteiger partial charge in [0.25, 0.3) is 11.8 Å². The van der Waals surface area contributed by atoms with Gasteiger partial charge in [-0.15, -0.1) is 0 Å². The smallest absolute Gasteiger partial charge is 0.266 e. The fourth-order valence-corrected chi connectivity index (χ4v) is 4.61. The van der Waals surface area contributed by atoms with E-state index in [1.807, 2.05) is 36.4 Å². The third-order valence-electron chi connectivity index (χ3n) is 6.66. The number of ether oxygens (including phenoxy) is 2. The van der Waals surface area contributed by atoms with Gasteiger partial charge in [-0.2, -0.15) is 5.26 Å². The van der Waals surface area contributed by atoms with E-state index in [4.69, 9.17) is 15.2 Å². The first-order chi connectivity index (χ1) is 20.8. The summed E-state index contributed by atoms with van der Waals surface area (Å²) < 4.78 is 39.3. The molecule has 11 heteroatoms. The predicted molar refractivity (Wildman–Crippen MR) is 158 cm³/mol. The lowest BCUT2D eigenvalue weighted by molar-refractivity contribution is -0.112. The van der Waals surface area contributed by atoms with Gasteiger partial charge in [-0.3, -0.25) is 9.69 Å². The molecule has 1 aromatic heterocycles. The molecule has 0 spiro atoms. The molecule has 1 aliphatic heterocycles. The molecule has 2 heterocycles. The van der Waals surface area contributed by atoms with Crippen LogP contribution in [0.3, 0.4) is 0 Å². The maximum atomic E-state index is 13.7. The quantitative estimate of drug-likeness (QED) is 0.171. The monoisotopic (exact) mass is 582 g/mol. The van der Waals surface area contributed by atoms with Crippen LogP contribution < -0.4 is 20.5 Å². The van der Waals surface area contributed by atoms with E-state index in [-0.39, 0.29) is 30.2 Å². The molecule has 0 bridgehead atoms. The van der Waals surface area contributed by atoms with E-state index < -0.39 is 18.4 Å². The van der Waals surface area contributed by atoms with Crippen LogP contribution in [-0.2, 0) is 4.79 Å². The van der Waals surface area contributed by atoms with Gasteiger partial charge in [-0.05, 0) is 73.1 Å². The van der Waals surface area contributed by atoms with Crippen molar-refractivity contribution in [3.63, 3.8) is 0 Å². The molecule has 3 N–H and O–H groups in total. The van der Waals surface area contributed by atoms with Crippen LogP contribution in [0, 0.1) is 11.3 Å². The minimum Gasteiger partial charge on any atom is -0.457 e. The number of piperidine rings is 1. The molecular formula is C32H28F2N6O3. The van der Waals surface area contributed by atoms with E-state index in [0.717, 1.165) is 0 Å². The molecule has 9 nitrogen and oxygen atoms in total. The van der Waals surface area contributed by atoms with E-state index in [9.17, 15) is 18.8 Å². The number of nitrogen functional groups attached to an aromatic ring is 1. The van der Waals surface area contributed by atoms with E-state index in [1.165, 1.54) is 17.3 Å². The van der Waals surface area contributed by atoms with Crippen molar-refractivity contribution in [2.45, 2.75) is 18.8 Å². The standard InChI is InChI=1S/C32H28F2N6O3/c33-32(34)15-5-16-40(20-32)17-14-23(19-35)30(41)39-24-7-4-6-22(18-24)28-29(36)37-21-38-31(28)43-27-12-10-26(11-13-27)42-25-8-2-1-3-9-25/h1-4,6-14,18,21H,5,15-17,20H2,(H,39,41)(H2,36,37,38)/b23-14+. The molecule has 0 aliphatic carbocycles. The number of hydrogen-bond donors (Lipinski definition) is 2. The van der Waals surface area contributed by atoms with Crippen molar-refractivity contribution in [3.8, 4) is 40.3 Å². The topological polar surface area (TPSA) is 126 Å². The van der Waals surface area contributed by atoms with Crippen LogP contribution in [0.25, 0.3) is 11.1 Å². The van der Waals surface area contributed by atoms with Crippen molar-refractivity contribution < 1.29 is 23.0 Å². The number of alkyl halides is 2. The number of nitriles is 1. The molecule has 0 radical (unpaired) electrons. The second-order valence-corrected chi connectivity index (χ2v) is 9.89. The third kappa shape index (κ3) is 7.69. The Bertz CT molecular complexity index is 1660. The zero-order valence-electron chi connectivity index (χ0n) is 23.0. The van der Waals surface area contributed by atoms with Crippen LogP contribution in [-0.4, -0.2) is 46.3 Å². The van der Waals surface area contributed by atoms with Crippen LogP contribution in [0.1, 0.15) is 12.8 Å². The van der Waals surface area contributed by atoms with Crippen molar-refractivity contribution in [3.05, 3.63) is 96.8 Å². The van der Waals surface area contributed by atoms with Gasteiger partial charge in [0.15, 0.2) is 0 Å². The van der Waals surface area contributed by atoms with Crippen molar-refractivity contribution in [1.29, 1.82) is 5.26 Å². The predicted octanol–water partition coefficient (Wildman–Crippen LogP) is 6.43. The van der Waals surface area contributed by atoms with E-state index in [1.54, 1.807) is 48.5 Å². The molecule has 1 aliphatic rings. The number of nitrogens with two attached hydrogens (primary N) is 1. The van der Waals surface area contributed by atoms with Gasteiger partial charge in [0.2, 0.25) is 5.88 Å². The summed E-state index contributed by atoms with van der Waals surface area (Å²) in [5, 5.41) is 12.2. The Hall–Kier alpha value is -5.34. The first-order valence-electron chi connectivity index (χ1n) is 13.5. The van der Waals surface area contributed by atoms with Gasteiger partial charge >= 0.3 is 0 Å². The number of likely N-dealkylation sites (tertiary alicyclic amines) is 1. The van der Waals surface area contributed by atoms with Gasteiger partial charge in [0.1, 0.15) is 41.0 Å². The SMILES string of the molecule is N#C/C(=C\CN1CCCC(F)(F)C1)C(=O)Nc1cccc(-c2c(N)ncnc2Oc2ccc(Oc3ccccc3)cc2)c1. The Morgan fingerprint density at radius 3 is 2.47 bits per heavy atom. The van der Waals surface area contributed by atoms with Gasteiger partial charge in [-0.1, -0.05) is 30.3 Å². The molecule has 4 aromatic rings. The Morgan fingerprint density at radius 2 is 1.74 bits per heavy atom. The van der Waals surface area contributed by atoms with Gasteiger partial charge < -0.3 is 20.5 Å².